The van der Waals surface area contributed by atoms with Crippen LogP contribution >= 0.6 is 0 Å². The van der Waals surface area contributed by atoms with Crippen LogP contribution in [0.5, 0.6) is 0 Å². The molecule has 0 bridgehead atoms. The Labute approximate surface area is 71.2 Å². The average molecular weight is 172 g/mol. The minimum absolute atomic E-state index is 0.380. The minimum Gasteiger partial charge on any atom is -0.481 e. The van der Waals surface area contributed by atoms with Crippen LogP contribution in [0.4, 0.5) is 0 Å². The summed E-state index contributed by atoms with van der Waals surface area (Å²) in [6.45, 7) is 9.21. The summed E-state index contributed by atoms with van der Waals surface area (Å²) in [4.78, 5) is 19.3. The maximum absolute atomic E-state index is 10.3. The standard InChI is InChI=1S/C6H8O2.C2H4O2/c1-4-8-6(7)5(2)3;1-2(3)4/h4H,1-2H2,3H3;1H3,(H,3,4). The van der Waals surface area contributed by atoms with Crippen LogP contribution < -0.4 is 0 Å². The van der Waals surface area contributed by atoms with E-state index in [2.05, 4.69) is 17.9 Å². The molecule has 0 heterocycles. The lowest BCUT2D eigenvalue weighted by atomic mass is 10.4. The fourth-order valence-electron chi connectivity index (χ4n) is 0.176. The lowest BCUT2D eigenvalue weighted by Gasteiger charge is -1.92. The van der Waals surface area contributed by atoms with Gasteiger partial charge in [0.15, 0.2) is 0 Å². The Kier molecular flexibility index (Phi) is 8.18. The minimum atomic E-state index is -0.833. The average Bonchev–Trinajstić information content (AvgIpc) is 1.86. The molecule has 0 aromatic rings. The van der Waals surface area contributed by atoms with E-state index in [9.17, 15) is 4.79 Å². The number of hydrogen-bond acceptors (Lipinski definition) is 3. The third-order valence-electron chi connectivity index (χ3n) is 0.539. The van der Waals surface area contributed by atoms with Crippen molar-refractivity contribution in [3.05, 3.63) is 25.0 Å². The van der Waals surface area contributed by atoms with Gasteiger partial charge in [-0.1, -0.05) is 13.2 Å². The van der Waals surface area contributed by atoms with Gasteiger partial charge < -0.3 is 9.84 Å². The van der Waals surface area contributed by atoms with Crippen molar-refractivity contribution in [1.29, 1.82) is 0 Å². The van der Waals surface area contributed by atoms with E-state index < -0.39 is 11.9 Å². The van der Waals surface area contributed by atoms with E-state index in [1.165, 1.54) is 0 Å². The number of esters is 1. The number of rotatable bonds is 2. The molecule has 4 nitrogen and oxygen atoms in total. The molecule has 0 aromatic heterocycles. The zero-order valence-corrected chi connectivity index (χ0v) is 7.16. The van der Waals surface area contributed by atoms with Gasteiger partial charge in [0, 0.05) is 12.5 Å². The zero-order valence-electron chi connectivity index (χ0n) is 7.16. The lowest BCUT2D eigenvalue weighted by Crippen LogP contribution is -1.98. The highest BCUT2D eigenvalue weighted by atomic mass is 16.5. The molecular weight excluding hydrogens is 160 g/mol. The van der Waals surface area contributed by atoms with E-state index in [-0.39, 0.29) is 0 Å². The molecular formula is C8H12O4. The highest BCUT2D eigenvalue weighted by molar-refractivity contribution is 5.87. The second-order valence-electron chi connectivity index (χ2n) is 1.87. The Bertz CT molecular complexity index is 189. The molecule has 12 heavy (non-hydrogen) atoms. The summed E-state index contributed by atoms with van der Waals surface area (Å²) in [7, 11) is 0. The smallest absolute Gasteiger partial charge is 0.337 e. The Morgan fingerprint density at radius 3 is 1.83 bits per heavy atom. The third kappa shape index (κ3) is 15.8. The number of carboxylic acid groups (broad SMARTS) is 1. The van der Waals surface area contributed by atoms with Crippen LogP contribution in [0.15, 0.2) is 25.0 Å². The van der Waals surface area contributed by atoms with Crippen molar-refractivity contribution >= 4 is 11.9 Å². The zero-order chi connectivity index (χ0) is 10.1. The van der Waals surface area contributed by atoms with Gasteiger partial charge in [-0.25, -0.2) is 4.79 Å². The van der Waals surface area contributed by atoms with Crippen molar-refractivity contribution in [2.75, 3.05) is 0 Å². The first-order valence-electron chi connectivity index (χ1n) is 3.08. The fourth-order valence-corrected chi connectivity index (χ4v) is 0.176. The summed E-state index contributed by atoms with van der Waals surface area (Å²) in [5, 5.41) is 7.42. The molecule has 4 heteroatoms. The number of carbonyl (C=O) groups is 2. The van der Waals surface area contributed by atoms with Crippen LogP contribution in [0.2, 0.25) is 0 Å². The largest absolute Gasteiger partial charge is 0.481 e. The summed E-state index contributed by atoms with van der Waals surface area (Å²) in [5.74, 6) is -1.26. The molecule has 0 aliphatic heterocycles. The van der Waals surface area contributed by atoms with Gasteiger partial charge in [0.25, 0.3) is 5.97 Å². The maximum Gasteiger partial charge on any atom is 0.337 e. The summed E-state index contributed by atoms with van der Waals surface area (Å²) >= 11 is 0. The molecule has 68 valence electrons. The molecule has 0 unspecified atom stereocenters. The van der Waals surface area contributed by atoms with E-state index in [1.807, 2.05) is 0 Å². The van der Waals surface area contributed by atoms with Gasteiger partial charge in [-0.3, -0.25) is 4.79 Å². The van der Waals surface area contributed by atoms with Gasteiger partial charge in [0.05, 0.1) is 6.26 Å². The number of ether oxygens (including phenoxy) is 1. The van der Waals surface area contributed by atoms with Gasteiger partial charge in [-0.2, -0.15) is 0 Å². The number of carbonyl (C=O) groups excluding carboxylic acids is 1. The Morgan fingerprint density at radius 2 is 1.75 bits per heavy atom. The summed E-state index contributed by atoms with van der Waals surface area (Å²) in [6, 6.07) is 0. The van der Waals surface area contributed by atoms with Crippen LogP contribution in [0.1, 0.15) is 13.8 Å². The molecule has 0 saturated heterocycles. The van der Waals surface area contributed by atoms with E-state index in [4.69, 9.17) is 9.90 Å². The van der Waals surface area contributed by atoms with Gasteiger partial charge in [-0.05, 0) is 6.92 Å². The first-order chi connectivity index (χ1) is 5.41. The third-order valence-corrected chi connectivity index (χ3v) is 0.539. The molecule has 0 aromatic carbocycles. The molecule has 0 saturated carbocycles. The van der Waals surface area contributed by atoms with Gasteiger partial charge in [-0.15, -0.1) is 0 Å². The normalized spacial score (nSPS) is 7.17. The van der Waals surface area contributed by atoms with Crippen molar-refractivity contribution in [3.63, 3.8) is 0 Å². The van der Waals surface area contributed by atoms with Crippen molar-refractivity contribution < 1.29 is 19.4 Å². The van der Waals surface area contributed by atoms with Gasteiger partial charge >= 0.3 is 5.97 Å². The van der Waals surface area contributed by atoms with Crippen LogP contribution in [-0.4, -0.2) is 17.0 Å². The molecule has 0 spiro atoms. The first-order valence-corrected chi connectivity index (χ1v) is 3.08. The second-order valence-corrected chi connectivity index (χ2v) is 1.87. The highest BCUT2D eigenvalue weighted by Gasteiger charge is 1.97. The molecule has 1 N–H and O–H groups in total. The van der Waals surface area contributed by atoms with E-state index in [0.717, 1.165) is 13.2 Å². The lowest BCUT2D eigenvalue weighted by molar-refractivity contribution is -0.135. The summed E-state index contributed by atoms with van der Waals surface area (Å²) in [5.41, 5.74) is 0.380. The molecule has 0 fully saturated rings. The molecule has 0 aliphatic carbocycles. The molecule has 0 radical (unpaired) electrons. The highest BCUT2D eigenvalue weighted by Crippen LogP contribution is 1.90. The van der Waals surface area contributed by atoms with Gasteiger partial charge in [0.1, 0.15) is 0 Å². The van der Waals surface area contributed by atoms with Crippen LogP contribution in [0.25, 0.3) is 0 Å². The summed E-state index contributed by atoms with van der Waals surface area (Å²) < 4.78 is 4.33. The van der Waals surface area contributed by atoms with E-state index in [1.54, 1.807) is 6.92 Å². The fraction of sp³-hybridized carbons (Fsp3) is 0.250. The molecule has 0 rings (SSSR count). The van der Waals surface area contributed by atoms with Crippen LogP contribution in [0.3, 0.4) is 0 Å². The summed E-state index contributed by atoms with van der Waals surface area (Å²) in [6.07, 6.45) is 1.08. The predicted molar refractivity (Wildman–Crippen MR) is 44.4 cm³/mol. The van der Waals surface area contributed by atoms with Crippen LogP contribution in [0, 0.1) is 0 Å². The van der Waals surface area contributed by atoms with E-state index >= 15 is 0 Å². The van der Waals surface area contributed by atoms with Gasteiger partial charge in [0.2, 0.25) is 0 Å². The monoisotopic (exact) mass is 172 g/mol. The first kappa shape index (κ1) is 13.0. The SMILES string of the molecule is C=COC(=O)C(=C)C.CC(=O)O. The Morgan fingerprint density at radius 1 is 1.42 bits per heavy atom. The molecule has 0 atom stereocenters. The Hall–Kier alpha value is -1.58. The number of carboxylic acids is 1. The molecule has 0 amide bonds. The second kappa shape index (κ2) is 7.53. The Balaban J connectivity index is 0. The topological polar surface area (TPSA) is 63.6 Å². The van der Waals surface area contributed by atoms with Crippen molar-refractivity contribution in [1.82, 2.24) is 0 Å². The van der Waals surface area contributed by atoms with Crippen molar-refractivity contribution in [3.8, 4) is 0 Å². The molecule has 0 aliphatic rings. The quantitative estimate of drug-likeness (QED) is 0.388. The maximum atomic E-state index is 10.3. The predicted octanol–water partition coefficient (Wildman–Crippen LogP) is 1.34. The van der Waals surface area contributed by atoms with Crippen LogP contribution in [-0.2, 0) is 14.3 Å². The number of aliphatic carboxylic acids is 1. The van der Waals surface area contributed by atoms with Crippen molar-refractivity contribution in [2.45, 2.75) is 13.8 Å². The van der Waals surface area contributed by atoms with Crippen molar-refractivity contribution in [2.24, 2.45) is 0 Å². The number of hydrogen-bond donors (Lipinski definition) is 1. The van der Waals surface area contributed by atoms with E-state index in [0.29, 0.717) is 5.57 Å².